The van der Waals surface area contributed by atoms with E-state index in [4.69, 9.17) is 21.6 Å². The molecule has 0 bridgehead atoms. The monoisotopic (exact) mass is 260 g/mol. The molecule has 5 nitrogen and oxygen atoms in total. The quantitative estimate of drug-likeness (QED) is 0.679. The molecular weight excluding hydrogens is 252 g/mol. The van der Waals surface area contributed by atoms with Crippen LogP contribution in [0, 0.1) is 11.5 Å². The standard InChI is InChI=1S/C12H9ClN4O/c1-18-8-2-3-9(10(13)6-8)11-4-5-12(15-7-14)17-16-11/h2-6H,1H3,(H,15,17). The number of aromatic nitrogens is 2. The van der Waals surface area contributed by atoms with E-state index < -0.39 is 0 Å². The highest BCUT2D eigenvalue weighted by Gasteiger charge is 2.07. The van der Waals surface area contributed by atoms with Crippen molar-refractivity contribution in [3.05, 3.63) is 35.4 Å². The van der Waals surface area contributed by atoms with Gasteiger partial charge in [-0.25, -0.2) is 0 Å². The molecule has 90 valence electrons. The second-order valence-electron chi connectivity index (χ2n) is 3.39. The van der Waals surface area contributed by atoms with Crippen molar-refractivity contribution in [3.63, 3.8) is 0 Å². The number of ether oxygens (including phenoxy) is 1. The lowest BCUT2D eigenvalue weighted by molar-refractivity contribution is 0.415. The fraction of sp³-hybridized carbons (Fsp3) is 0.0833. The summed E-state index contributed by atoms with van der Waals surface area (Å²) >= 11 is 6.13. The number of hydrogen-bond donors (Lipinski definition) is 1. The molecule has 0 saturated heterocycles. The lowest BCUT2D eigenvalue weighted by Crippen LogP contribution is -1.95. The predicted octanol–water partition coefficient (Wildman–Crippen LogP) is 2.70. The number of nitriles is 1. The molecule has 2 rings (SSSR count). The number of nitrogens with zero attached hydrogens (tertiary/aromatic N) is 3. The van der Waals surface area contributed by atoms with Gasteiger partial charge >= 0.3 is 0 Å². The Morgan fingerprint density at radius 2 is 2.11 bits per heavy atom. The topological polar surface area (TPSA) is 70.8 Å². The molecule has 0 saturated carbocycles. The molecule has 0 aliphatic rings. The molecule has 1 aromatic carbocycles. The normalized spacial score (nSPS) is 9.61. The Morgan fingerprint density at radius 3 is 2.67 bits per heavy atom. The molecule has 0 unspecified atom stereocenters. The van der Waals surface area contributed by atoms with Gasteiger partial charge in [-0.3, -0.25) is 5.32 Å². The van der Waals surface area contributed by atoms with Crippen molar-refractivity contribution in [2.24, 2.45) is 0 Å². The summed E-state index contributed by atoms with van der Waals surface area (Å²) in [4.78, 5) is 0. The second kappa shape index (κ2) is 5.34. The van der Waals surface area contributed by atoms with Crippen LogP contribution in [-0.2, 0) is 0 Å². The largest absolute Gasteiger partial charge is 0.497 e. The summed E-state index contributed by atoms with van der Waals surface area (Å²) in [5, 5.41) is 19.2. The number of halogens is 1. The SMILES string of the molecule is COc1ccc(-c2ccc(NC#N)nn2)c(Cl)c1. The maximum absolute atomic E-state index is 8.44. The van der Waals surface area contributed by atoms with E-state index in [0.29, 0.717) is 22.3 Å². The highest BCUT2D eigenvalue weighted by atomic mass is 35.5. The van der Waals surface area contributed by atoms with Crippen LogP contribution in [-0.4, -0.2) is 17.3 Å². The zero-order valence-corrected chi connectivity index (χ0v) is 10.3. The van der Waals surface area contributed by atoms with Gasteiger partial charge in [-0.1, -0.05) is 11.6 Å². The molecule has 0 spiro atoms. The van der Waals surface area contributed by atoms with Gasteiger partial charge in [0.25, 0.3) is 0 Å². The molecule has 0 atom stereocenters. The highest BCUT2D eigenvalue weighted by molar-refractivity contribution is 6.33. The number of hydrogen-bond acceptors (Lipinski definition) is 5. The van der Waals surface area contributed by atoms with Crippen LogP contribution in [0.3, 0.4) is 0 Å². The van der Waals surface area contributed by atoms with Gasteiger partial charge in [0.1, 0.15) is 5.75 Å². The van der Waals surface area contributed by atoms with Gasteiger partial charge in [0.15, 0.2) is 12.0 Å². The van der Waals surface area contributed by atoms with Crippen molar-refractivity contribution in [2.45, 2.75) is 0 Å². The average Bonchev–Trinajstić information content (AvgIpc) is 2.40. The third kappa shape index (κ3) is 2.50. The molecule has 0 radical (unpaired) electrons. The number of methoxy groups -OCH3 is 1. The lowest BCUT2D eigenvalue weighted by Gasteiger charge is -2.05. The van der Waals surface area contributed by atoms with Crippen LogP contribution in [0.1, 0.15) is 0 Å². The number of rotatable bonds is 3. The Morgan fingerprint density at radius 1 is 1.28 bits per heavy atom. The van der Waals surface area contributed by atoms with Crippen molar-refractivity contribution in [3.8, 4) is 23.2 Å². The smallest absolute Gasteiger partial charge is 0.182 e. The third-order valence-corrected chi connectivity index (χ3v) is 2.61. The molecule has 0 aliphatic heterocycles. The summed E-state index contributed by atoms with van der Waals surface area (Å²) in [5.41, 5.74) is 1.39. The first kappa shape index (κ1) is 12.1. The van der Waals surface area contributed by atoms with Gasteiger partial charge in [0.2, 0.25) is 0 Å². The van der Waals surface area contributed by atoms with E-state index >= 15 is 0 Å². The Kier molecular flexibility index (Phi) is 3.60. The van der Waals surface area contributed by atoms with Crippen LogP contribution in [0.15, 0.2) is 30.3 Å². The predicted molar refractivity (Wildman–Crippen MR) is 68.3 cm³/mol. The van der Waals surface area contributed by atoms with Crippen LogP contribution in [0.25, 0.3) is 11.3 Å². The molecule has 0 amide bonds. The molecule has 1 heterocycles. The van der Waals surface area contributed by atoms with Gasteiger partial charge in [0.05, 0.1) is 17.8 Å². The first-order valence-electron chi connectivity index (χ1n) is 5.07. The zero-order valence-electron chi connectivity index (χ0n) is 9.51. The Bertz CT molecular complexity index is 592. The summed E-state index contributed by atoms with van der Waals surface area (Å²) < 4.78 is 5.07. The fourth-order valence-electron chi connectivity index (χ4n) is 1.43. The number of nitrogens with one attached hydrogen (secondary N) is 1. The average molecular weight is 261 g/mol. The van der Waals surface area contributed by atoms with Gasteiger partial charge < -0.3 is 4.74 Å². The van der Waals surface area contributed by atoms with Crippen molar-refractivity contribution >= 4 is 17.4 Å². The summed E-state index contributed by atoms with van der Waals surface area (Å²) in [6.07, 6.45) is 1.77. The second-order valence-corrected chi connectivity index (χ2v) is 3.79. The molecule has 0 aliphatic carbocycles. The van der Waals surface area contributed by atoms with Gasteiger partial charge in [0, 0.05) is 5.56 Å². The minimum absolute atomic E-state index is 0.394. The highest BCUT2D eigenvalue weighted by Crippen LogP contribution is 2.29. The Labute approximate surface area is 109 Å². The van der Waals surface area contributed by atoms with Gasteiger partial charge in [-0.15, -0.1) is 10.2 Å². The van der Waals surface area contributed by atoms with Crippen molar-refractivity contribution in [2.75, 3.05) is 12.4 Å². The molecule has 0 fully saturated rings. The number of anilines is 1. The molecule has 2 aromatic rings. The number of benzene rings is 1. The van der Waals surface area contributed by atoms with Crippen LogP contribution in [0.5, 0.6) is 5.75 Å². The third-order valence-electron chi connectivity index (χ3n) is 2.30. The lowest BCUT2D eigenvalue weighted by atomic mass is 10.1. The van der Waals surface area contributed by atoms with Gasteiger partial charge in [-0.2, -0.15) is 5.26 Å². The van der Waals surface area contributed by atoms with E-state index in [1.54, 1.807) is 37.6 Å². The fourth-order valence-corrected chi connectivity index (χ4v) is 1.70. The van der Waals surface area contributed by atoms with Crippen LogP contribution < -0.4 is 10.1 Å². The summed E-state index contributed by atoms with van der Waals surface area (Å²) in [6.45, 7) is 0. The van der Waals surface area contributed by atoms with E-state index in [9.17, 15) is 0 Å². The zero-order chi connectivity index (χ0) is 13.0. The van der Waals surface area contributed by atoms with E-state index in [1.807, 2.05) is 6.07 Å². The van der Waals surface area contributed by atoms with E-state index in [2.05, 4.69) is 15.5 Å². The van der Waals surface area contributed by atoms with Crippen molar-refractivity contribution < 1.29 is 4.74 Å². The molecular formula is C12H9ClN4O. The molecule has 1 N–H and O–H groups in total. The molecule has 1 aromatic heterocycles. The maximum atomic E-state index is 8.44. The molecule has 6 heteroatoms. The van der Waals surface area contributed by atoms with E-state index in [0.717, 1.165) is 5.56 Å². The first-order chi connectivity index (χ1) is 8.74. The van der Waals surface area contributed by atoms with Crippen LogP contribution >= 0.6 is 11.6 Å². The van der Waals surface area contributed by atoms with E-state index in [-0.39, 0.29) is 0 Å². The summed E-state index contributed by atoms with van der Waals surface area (Å²) in [6, 6.07) is 8.71. The van der Waals surface area contributed by atoms with Crippen molar-refractivity contribution in [1.29, 1.82) is 5.26 Å². The van der Waals surface area contributed by atoms with E-state index in [1.165, 1.54) is 0 Å². The van der Waals surface area contributed by atoms with Crippen molar-refractivity contribution in [1.82, 2.24) is 10.2 Å². The summed E-state index contributed by atoms with van der Waals surface area (Å²) in [7, 11) is 1.58. The maximum Gasteiger partial charge on any atom is 0.182 e. The Balaban J connectivity index is 2.34. The minimum atomic E-state index is 0.394. The first-order valence-corrected chi connectivity index (χ1v) is 5.45. The van der Waals surface area contributed by atoms with Crippen LogP contribution in [0.4, 0.5) is 5.82 Å². The Hall–Kier alpha value is -2.32. The molecule has 18 heavy (non-hydrogen) atoms. The minimum Gasteiger partial charge on any atom is -0.497 e. The van der Waals surface area contributed by atoms with Gasteiger partial charge in [-0.05, 0) is 30.3 Å². The van der Waals surface area contributed by atoms with Crippen LogP contribution in [0.2, 0.25) is 5.02 Å². The summed E-state index contributed by atoms with van der Waals surface area (Å²) in [5.74, 6) is 1.07.